The Balaban J connectivity index is 1.70. The highest BCUT2D eigenvalue weighted by Crippen LogP contribution is 2.24. The lowest BCUT2D eigenvalue weighted by molar-refractivity contribution is 0.273. The normalized spacial score (nSPS) is 17.3. The third-order valence-corrected chi connectivity index (χ3v) is 5.95. The van der Waals surface area contributed by atoms with Gasteiger partial charge in [0.15, 0.2) is 0 Å². The highest BCUT2D eigenvalue weighted by atomic mass is 32.2. The van der Waals surface area contributed by atoms with Gasteiger partial charge in [0.2, 0.25) is 10.0 Å². The summed E-state index contributed by atoms with van der Waals surface area (Å²) in [5, 5.41) is 4.36. The summed E-state index contributed by atoms with van der Waals surface area (Å²) in [6.45, 7) is 5.36. The van der Waals surface area contributed by atoms with Crippen LogP contribution in [-0.2, 0) is 16.4 Å². The first-order valence-electron chi connectivity index (χ1n) is 8.64. The van der Waals surface area contributed by atoms with Crippen molar-refractivity contribution in [1.82, 2.24) is 24.1 Å². The van der Waals surface area contributed by atoms with Gasteiger partial charge in [-0.25, -0.2) is 17.7 Å². The molecule has 25 heavy (non-hydrogen) atoms. The van der Waals surface area contributed by atoms with Crippen LogP contribution < -0.4 is 0 Å². The molecule has 3 heterocycles. The van der Waals surface area contributed by atoms with E-state index < -0.39 is 10.0 Å². The van der Waals surface area contributed by atoms with Gasteiger partial charge in [0.25, 0.3) is 0 Å². The fraction of sp³-hybridized carbons (Fsp3) is 0.588. The zero-order valence-electron chi connectivity index (χ0n) is 15.0. The summed E-state index contributed by atoms with van der Waals surface area (Å²) in [4.78, 5) is 9.12. The van der Waals surface area contributed by atoms with Crippen molar-refractivity contribution in [3.63, 3.8) is 0 Å². The minimum absolute atomic E-state index is 0.260. The number of nitrogens with zero attached hydrogens (tertiary/aromatic N) is 5. The van der Waals surface area contributed by atoms with Crippen LogP contribution in [0, 0.1) is 5.92 Å². The maximum atomic E-state index is 11.6. The van der Waals surface area contributed by atoms with Crippen LogP contribution in [0.2, 0.25) is 0 Å². The third kappa shape index (κ3) is 4.24. The molecule has 3 rings (SSSR count). The lowest BCUT2D eigenvalue weighted by atomic mass is 9.93. The first-order chi connectivity index (χ1) is 11.8. The van der Waals surface area contributed by atoms with E-state index in [-0.39, 0.29) is 6.04 Å². The summed E-state index contributed by atoms with van der Waals surface area (Å²) in [7, 11) is -3.08. The third-order valence-electron chi connectivity index (χ3n) is 4.65. The number of hydrogen-bond donors (Lipinski definition) is 0. The molecule has 1 saturated heterocycles. The maximum absolute atomic E-state index is 11.6. The van der Waals surface area contributed by atoms with Crippen molar-refractivity contribution in [2.75, 3.05) is 19.3 Å². The van der Waals surface area contributed by atoms with Crippen LogP contribution >= 0.6 is 0 Å². The summed E-state index contributed by atoms with van der Waals surface area (Å²) < 4.78 is 26.7. The molecule has 136 valence electrons. The Morgan fingerprint density at radius 3 is 2.60 bits per heavy atom. The van der Waals surface area contributed by atoms with E-state index in [1.165, 1.54) is 6.26 Å². The minimum atomic E-state index is -3.08. The molecule has 2 aromatic heterocycles. The lowest BCUT2D eigenvalue weighted by Crippen LogP contribution is -2.38. The van der Waals surface area contributed by atoms with Gasteiger partial charge in [-0.05, 0) is 45.1 Å². The van der Waals surface area contributed by atoms with Crippen molar-refractivity contribution in [1.29, 1.82) is 0 Å². The van der Waals surface area contributed by atoms with Crippen molar-refractivity contribution in [2.24, 2.45) is 5.92 Å². The molecule has 8 heteroatoms. The molecule has 0 aromatic carbocycles. The van der Waals surface area contributed by atoms with E-state index in [1.807, 2.05) is 16.9 Å². The Kier molecular flexibility index (Phi) is 5.19. The van der Waals surface area contributed by atoms with Gasteiger partial charge in [0, 0.05) is 31.5 Å². The second-order valence-corrected chi connectivity index (χ2v) is 8.94. The Bertz CT molecular complexity index is 823. The predicted octanol–water partition coefficient (Wildman–Crippen LogP) is 2.14. The molecule has 1 aliphatic rings. The van der Waals surface area contributed by atoms with Gasteiger partial charge in [0.05, 0.1) is 23.8 Å². The zero-order valence-corrected chi connectivity index (χ0v) is 15.8. The van der Waals surface area contributed by atoms with Gasteiger partial charge in [-0.3, -0.25) is 9.67 Å². The van der Waals surface area contributed by atoms with Gasteiger partial charge in [-0.2, -0.15) is 5.10 Å². The van der Waals surface area contributed by atoms with Crippen molar-refractivity contribution in [3.05, 3.63) is 30.4 Å². The standard InChI is InChI=1S/C17H25N5O2S/c1-13(2)22-17(4-7-19-22)16-12-18-11-15(20-16)10-14-5-8-21(9-6-14)25(3,23)24/h4,7,11-14H,5-6,8-10H2,1-3H3. The van der Waals surface area contributed by atoms with E-state index in [0.717, 1.165) is 36.3 Å². The molecule has 0 spiro atoms. The molecular formula is C17H25N5O2S. The van der Waals surface area contributed by atoms with E-state index >= 15 is 0 Å². The van der Waals surface area contributed by atoms with Crippen LogP contribution in [0.4, 0.5) is 0 Å². The van der Waals surface area contributed by atoms with E-state index in [4.69, 9.17) is 4.98 Å². The highest BCUT2D eigenvalue weighted by Gasteiger charge is 2.25. The summed E-state index contributed by atoms with van der Waals surface area (Å²) in [5.74, 6) is 0.442. The molecule has 0 atom stereocenters. The molecule has 0 bridgehead atoms. The maximum Gasteiger partial charge on any atom is 0.211 e. The van der Waals surface area contributed by atoms with E-state index in [1.54, 1.807) is 16.7 Å². The Morgan fingerprint density at radius 1 is 1.24 bits per heavy atom. The van der Waals surface area contributed by atoms with E-state index in [9.17, 15) is 8.42 Å². The van der Waals surface area contributed by atoms with Crippen molar-refractivity contribution in [2.45, 2.75) is 39.2 Å². The Hall–Kier alpha value is -1.80. The lowest BCUT2D eigenvalue weighted by Gasteiger charge is -2.30. The molecule has 0 saturated carbocycles. The molecule has 0 radical (unpaired) electrons. The van der Waals surface area contributed by atoms with Crippen LogP contribution in [0.25, 0.3) is 11.4 Å². The molecule has 0 N–H and O–H groups in total. The zero-order chi connectivity index (χ0) is 18.0. The highest BCUT2D eigenvalue weighted by molar-refractivity contribution is 7.88. The second kappa shape index (κ2) is 7.21. The molecule has 2 aromatic rings. The van der Waals surface area contributed by atoms with Gasteiger partial charge in [-0.1, -0.05) is 0 Å². The average Bonchev–Trinajstić information content (AvgIpc) is 3.05. The largest absolute Gasteiger partial charge is 0.261 e. The Morgan fingerprint density at radius 2 is 1.96 bits per heavy atom. The molecular weight excluding hydrogens is 338 g/mol. The minimum Gasteiger partial charge on any atom is -0.261 e. The second-order valence-electron chi connectivity index (χ2n) is 6.96. The van der Waals surface area contributed by atoms with Gasteiger partial charge in [0.1, 0.15) is 5.69 Å². The number of hydrogen-bond acceptors (Lipinski definition) is 5. The van der Waals surface area contributed by atoms with Gasteiger partial charge in [-0.15, -0.1) is 0 Å². The fourth-order valence-electron chi connectivity index (χ4n) is 3.30. The summed E-state index contributed by atoms with van der Waals surface area (Å²) >= 11 is 0. The molecule has 1 aliphatic heterocycles. The Labute approximate surface area is 149 Å². The first-order valence-corrected chi connectivity index (χ1v) is 10.5. The first kappa shape index (κ1) is 18.0. The van der Waals surface area contributed by atoms with Gasteiger partial charge < -0.3 is 0 Å². The van der Waals surface area contributed by atoms with Crippen molar-refractivity contribution < 1.29 is 8.42 Å². The summed E-state index contributed by atoms with van der Waals surface area (Å²) in [6, 6.07) is 2.22. The molecule has 7 nitrogen and oxygen atoms in total. The average molecular weight is 363 g/mol. The smallest absolute Gasteiger partial charge is 0.211 e. The number of sulfonamides is 1. The van der Waals surface area contributed by atoms with Crippen LogP contribution in [0.15, 0.2) is 24.7 Å². The van der Waals surface area contributed by atoms with Crippen molar-refractivity contribution in [3.8, 4) is 11.4 Å². The molecule has 0 unspecified atom stereocenters. The quantitative estimate of drug-likeness (QED) is 0.813. The summed E-state index contributed by atoms with van der Waals surface area (Å²) in [5.41, 5.74) is 2.75. The molecule has 0 aliphatic carbocycles. The monoisotopic (exact) mass is 363 g/mol. The number of aromatic nitrogens is 4. The molecule has 1 fully saturated rings. The number of piperidine rings is 1. The van der Waals surface area contributed by atoms with Crippen molar-refractivity contribution >= 4 is 10.0 Å². The topological polar surface area (TPSA) is 81.0 Å². The van der Waals surface area contributed by atoms with Crippen LogP contribution in [-0.4, -0.2) is 51.8 Å². The fourth-order valence-corrected chi connectivity index (χ4v) is 4.17. The van der Waals surface area contributed by atoms with E-state index in [2.05, 4.69) is 23.9 Å². The van der Waals surface area contributed by atoms with Gasteiger partial charge >= 0.3 is 0 Å². The SMILES string of the molecule is CC(C)n1nccc1-c1cncc(CC2CCN(S(C)(=O)=O)CC2)n1. The van der Waals surface area contributed by atoms with E-state index in [0.29, 0.717) is 19.0 Å². The van der Waals surface area contributed by atoms with Crippen LogP contribution in [0.1, 0.15) is 38.4 Å². The summed E-state index contributed by atoms with van der Waals surface area (Å²) in [6.07, 6.45) is 9.19. The van der Waals surface area contributed by atoms with Crippen LogP contribution in [0.3, 0.4) is 0 Å². The predicted molar refractivity (Wildman–Crippen MR) is 96.5 cm³/mol. The molecule has 0 amide bonds. The number of rotatable bonds is 5. The van der Waals surface area contributed by atoms with Crippen LogP contribution in [0.5, 0.6) is 0 Å².